The van der Waals surface area contributed by atoms with Crippen LogP contribution >= 0.6 is 24.0 Å². The van der Waals surface area contributed by atoms with Crippen molar-refractivity contribution in [3.63, 3.8) is 0 Å². The van der Waals surface area contributed by atoms with Gasteiger partial charge in [-0.25, -0.2) is 0 Å². The number of aliphatic imine (C=N–C) groups is 1. The van der Waals surface area contributed by atoms with Gasteiger partial charge in [-0.15, -0.1) is 24.0 Å². The molecule has 1 rings (SSSR count). The second-order valence-electron chi connectivity index (χ2n) is 4.96. The number of hydrogen-bond donors (Lipinski definition) is 2. The second kappa shape index (κ2) is 12.5. The van der Waals surface area contributed by atoms with Crippen LogP contribution in [0.25, 0.3) is 0 Å². The lowest BCUT2D eigenvalue weighted by Gasteiger charge is -2.15. The van der Waals surface area contributed by atoms with E-state index in [-0.39, 0.29) is 24.0 Å². The smallest absolute Gasteiger partial charge is 0.191 e. The molecular weight excluding hydrogens is 393 g/mol. The van der Waals surface area contributed by atoms with Crippen LogP contribution < -0.4 is 15.4 Å². The van der Waals surface area contributed by atoms with Crippen molar-refractivity contribution in [1.82, 2.24) is 10.6 Å². The summed E-state index contributed by atoms with van der Waals surface area (Å²) in [5.41, 5.74) is 1.24. The van der Waals surface area contributed by atoms with Gasteiger partial charge in [0.15, 0.2) is 5.96 Å². The highest BCUT2D eigenvalue weighted by Crippen LogP contribution is 2.25. The van der Waals surface area contributed by atoms with Gasteiger partial charge in [-0.3, -0.25) is 4.99 Å². The number of nitrogens with one attached hydrogen (secondary N) is 2. The minimum absolute atomic E-state index is 0. The Morgan fingerprint density at radius 1 is 1.14 bits per heavy atom. The summed E-state index contributed by atoms with van der Waals surface area (Å²) in [6.45, 7) is 7.00. The average molecular weight is 421 g/mol. The summed E-state index contributed by atoms with van der Waals surface area (Å²) < 4.78 is 10.8. The van der Waals surface area contributed by atoms with Crippen molar-refractivity contribution in [3.05, 3.63) is 29.8 Å². The van der Waals surface area contributed by atoms with E-state index in [9.17, 15) is 0 Å². The van der Waals surface area contributed by atoms with Crippen LogP contribution in [0.4, 0.5) is 0 Å². The summed E-state index contributed by atoms with van der Waals surface area (Å²) in [5, 5.41) is 6.36. The largest absolute Gasteiger partial charge is 0.491 e. The van der Waals surface area contributed by atoms with Crippen LogP contribution in [0, 0.1) is 0 Å². The van der Waals surface area contributed by atoms with E-state index in [2.05, 4.69) is 35.5 Å². The normalized spacial score (nSPS) is 11.0. The number of guanidine groups is 1. The fourth-order valence-corrected chi connectivity index (χ4v) is 1.91. The molecule has 0 spiro atoms. The van der Waals surface area contributed by atoms with Gasteiger partial charge in [0, 0.05) is 20.7 Å². The lowest BCUT2D eigenvalue weighted by atomic mass is 10.0. The maximum absolute atomic E-state index is 5.85. The molecule has 1 aromatic rings. The predicted octanol–water partition coefficient (Wildman–Crippen LogP) is 2.62. The van der Waals surface area contributed by atoms with E-state index < -0.39 is 0 Å². The SMILES string of the molecule is CN=C(NCCOC)NCCOc1ccccc1C(C)C.I. The Balaban J connectivity index is 0.00000441. The van der Waals surface area contributed by atoms with E-state index in [0.717, 1.165) is 18.3 Å². The summed E-state index contributed by atoms with van der Waals surface area (Å²) in [7, 11) is 3.43. The third-order valence-corrected chi connectivity index (χ3v) is 3.02. The summed E-state index contributed by atoms with van der Waals surface area (Å²) in [5.74, 6) is 2.17. The zero-order valence-electron chi connectivity index (χ0n) is 13.9. The summed E-state index contributed by atoms with van der Waals surface area (Å²) >= 11 is 0. The number of para-hydroxylation sites is 1. The lowest BCUT2D eigenvalue weighted by Crippen LogP contribution is -2.40. The monoisotopic (exact) mass is 421 g/mol. The first-order valence-corrected chi connectivity index (χ1v) is 7.34. The van der Waals surface area contributed by atoms with E-state index in [1.54, 1.807) is 14.2 Å². The Kier molecular flexibility index (Phi) is 11.9. The minimum Gasteiger partial charge on any atom is -0.491 e. The van der Waals surface area contributed by atoms with Gasteiger partial charge in [-0.2, -0.15) is 0 Å². The van der Waals surface area contributed by atoms with Gasteiger partial charge >= 0.3 is 0 Å². The van der Waals surface area contributed by atoms with Crippen molar-refractivity contribution in [2.75, 3.05) is 40.5 Å². The Bertz CT molecular complexity index is 439. The Morgan fingerprint density at radius 2 is 1.77 bits per heavy atom. The molecule has 0 saturated heterocycles. The van der Waals surface area contributed by atoms with Crippen LogP contribution in [0.2, 0.25) is 0 Å². The number of halogens is 1. The Morgan fingerprint density at radius 3 is 2.36 bits per heavy atom. The van der Waals surface area contributed by atoms with Crippen molar-refractivity contribution in [1.29, 1.82) is 0 Å². The molecule has 0 aliphatic rings. The van der Waals surface area contributed by atoms with Gasteiger partial charge < -0.3 is 20.1 Å². The van der Waals surface area contributed by atoms with Crippen molar-refractivity contribution in [3.8, 4) is 5.75 Å². The summed E-state index contributed by atoms with van der Waals surface area (Å²) in [6, 6.07) is 8.17. The van der Waals surface area contributed by atoms with Crippen LogP contribution in [0.5, 0.6) is 5.75 Å². The highest BCUT2D eigenvalue weighted by molar-refractivity contribution is 14.0. The Labute approximate surface area is 150 Å². The van der Waals surface area contributed by atoms with Crippen LogP contribution in [0.15, 0.2) is 29.3 Å². The van der Waals surface area contributed by atoms with Crippen LogP contribution in [-0.2, 0) is 4.74 Å². The zero-order valence-corrected chi connectivity index (χ0v) is 16.2. The third kappa shape index (κ3) is 7.84. The first-order chi connectivity index (χ1) is 10.2. The minimum atomic E-state index is 0. The Hall–Kier alpha value is -1.02. The molecule has 0 fully saturated rings. The molecule has 126 valence electrons. The molecule has 22 heavy (non-hydrogen) atoms. The fraction of sp³-hybridized carbons (Fsp3) is 0.562. The average Bonchev–Trinajstić information content (AvgIpc) is 2.50. The zero-order chi connectivity index (χ0) is 15.5. The number of ether oxygens (including phenoxy) is 2. The number of benzene rings is 1. The molecule has 0 heterocycles. The van der Waals surface area contributed by atoms with Gasteiger partial charge in [-0.05, 0) is 17.5 Å². The molecule has 5 nitrogen and oxygen atoms in total. The first-order valence-electron chi connectivity index (χ1n) is 7.34. The van der Waals surface area contributed by atoms with Gasteiger partial charge in [0.05, 0.1) is 13.2 Å². The van der Waals surface area contributed by atoms with E-state index >= 15 is 0 Å². The van der Waals surface area contributed by atoms with E-state index in [1.165, 1.54) is 5.56 Å². The van der Waals surface area contributed by atoms with Gasteiger partial charge in [0.1, 0.15) is 12.4 Å². The molecule has 0 aliphatic carbocycles. The first kappa shape index (κ1) is 21.0. The summed E-state index contributed by atoms with van der Waals surface area (Å²) in [6.07, 6.45) is 0. The fourth-order valence-electron chi connectivity index (χ4n) is 1.91. The summed E-state index contributed by atoms with van der Waals surface area (Å²) in [4.78, 5) is 4.13. The molecule has 0 aromatic heterocycles. The lowest BCUT2D eigenvalue weighted by molar-refractivity contribution is 0.203. The van der Waals surface area contributed by atoms with E-state index in [4.69, 9.17) is 9.47 Å². The predicted molar refractivity (Wildman–Crippen MR) is 103 cm³/mol. The van der Waals surface area contributed by atoms with E-state index in [0.29, 0.717) is 25.7 Å². The van der Waals surface area contributed by atoms with Crippen molar-refractivity contribution < 1.29 is 9.47 Å². The van der Waals surface area contributed by atoms with Crippen LogP contribution in [0.1, 0.15) is 25.3 Å². The molecule has 6 heteroatoms. The maximum atomic E-state index is 5.85. The highest BCUT2D eigenvalue weighted by atomic mass is 127. The van der Waals surface area contributed by atoms with Crippen molar-refractivity contribution >= 4 is 29.9 Å². The van der Waals surface area contributed by atoms with Crippen molar-refractivity contribution in [2.24, 2.45) is 4.99 Å². The van der Waals surface area contributed by atoms with Gasteiger partial charge in [0.25, 0.3) is 0 Å². The maximum Gasteiger partial charge on any atom is 0.191 e. The molecule has 0 atom stereocenters. The topological polar surface area (TPSA) is 54.9 Å². The van der Waals surface area contributed by atoms with Crippen LogP contribution in [-0.4, -0.2) is 46.4 Å². The van der Waals surface area contributed by atoms with E-state index in [1.807, 2.05) is 18.2 Å². The molecule has 0 unspecified atom stereocenters. The standard InChI is InChI=1S/C16H27N3O2.HI/c1-13(2)14-7-5-6-8-15(14)21-12-10-19-16(17-3)18-9-11-20-4;/h5-8,13H,9-12H2,1-4H3,(H2,17,18,19);1H. The number of hydrogen-bond acceptors (Lipinski definition) is 3. The molecule has 2 N–H and O–H groups in total. The van der Waals surface area contributed by atoms with Gasteiger partial charge in [0.2, 0.25) is 0 Å². The molecule has 0 radical (unpaired) electrons. The molecule has 1 aromatic carbocycles. The molecule has 0 aliphatic heterocycles. The highest BCUT2D eigenvalue weighted by Gasteiger charge is 2.06. The molecule has 0 bridgehead atoms. The third-order valence-electron chi connectivity index (χ3n) is 3.02. The molecule has 0 saturated carbocycles. The number of rotatable bonds is 8. The molecule has 0 amide bonds. The number of nitrogens with zero attached hydrogens (tertiary/aromatic N) is 1. The second-order valence-corrected chi connectivity index (χ2v) is 4.96. The molecular formula is C16H28IN3O2. The quantitative estimate of drug-likeness (QED) is 0.293. The van der Waals surface area contributed by atoms with Gasteiger partial charge in [-0.1, -0.05) is 32.0 Å². The van der Waals surface area contributed by atoms with Crippen molar-refractivity contribution in [2.45, 2.75) is 19.8 Å². The number of methoxy groups -OCH3 is 1. The van der Waals surface area contributed by atoms with Crippen LogP contribution in [0.3, 0.4) is 0 Å².